The van der Waals surface area contributed by atoms with Gasteiger partial charge in [0.05, 0.1) is 28.9 Å². The van der Waals surface area contributed by atoms with E-state index in [1.807, 2.05) is 13.1 Å². The van der Waals surface area contributed by atoms with E-state index in [9.17, 15) is 13.2 Å². The summed E-state index contributed by atoms with van der Waals surface area (Å²) in [5, 5.41) is 0. The monoisotopic (exact) mass is 472 g/mol. The largest absolute Gasteiger partial charge is 0.404 e. The number of rotatable bonds is 5. The number of alkyl halides is 3. The minimum Gasteiger partial charge on any atom is -0.404 e. The van der Waals surface area contributed by atoms with Crippen molar-refractivity contribution in [2.75, 3.05) is 6.61 Å². The number of halogens is 3. The van der Waals surface area contributed by atoms with Crippen LogP contribution < -0.4 is 5.73 Å². The summed E-state index contributed by atoms with van der Waals surface area (Å²) in [5.41, 5.74) is 6.87. The van der Waals surface area contributed by atoms with Crippen LogP contribution in [0.1, 0.15) is 68.1 Å². The van der Waals surface area contributed by atoms with E-state index in [0.717, 1.165) is 24.8 Å². The van der Waals surface area contributed by atoms with Crippen molar-refractivity contribution < 1.29 is 17.9 Å². The van der Waals surface area contributed by atoms with Crippen LogP contribution in [0, 0.1) is 12.3 Å². The van der Waals surface area contributed by atoms with Crippen molar-refractivity contribution in [1.82, 2.24) is 19.9 Å². The Morgan fingerprint density at radius 3 is 2.62 bits per heavy atom. The van der Waals surface area contributed by atoms with Gasteiger partial charge in [0.15, 0.2) is 5.65 Å². The quantitative estimate of drug-likeness (QED) is 0.659. The summed E-state index contributed by atoms with van der Waals surface area (Å²) in [6.07, 6.45) is 4.34. The van der Waals surface area contributed by atoms with Crippen LogP contribution in [0.3, 0.4) is 0 Å². The molecule has 0 spiro atoms. The van der Waals surface area contributed by atoms with Crippen molar-refractivity contribution in [1.29, 1.82) is 0 Å². The molecule has 34 heavy (non-hydrogen) atoms. The van der Waals surface area contributed by atoms with Gasteiger partial charge in [-0.05, 0) is 51.9 Å². The van der Waals surface area contributed by atoms with E-state index in [2.05, 4.69) is 15.0 Å². The first-order valence-corrected chi connectivity index (χ1v) is 11.9. The second-order valence-electron chi connectivity index (χ2n) is 10.5. The first-order valence-electron chi connectivity index (χ1n) is 11.9. The number of nitrogens with two attached hydrogens (primary N) is 1. The van der Waals surface area contributed by atoms with Gasteiger partial charge in [0.25, 0.3) is 0 Å². The SMILES string of the molecule is Cc1cnc2c(C34CC(C(F)(F)F)(C3)C4)nc([C@@H]3CCO[C@@H](/C(C=NC4CC4)=C/N)C3)nc2n1. The van der Waals surface area contributed by atoms with Crippen molar-refractivity contribution in [3.8, 4) is 0 Å². The molecule has 1 saturated heterocycles. The summed E-state index contributed by atoms with van der Waals surface area (Å²) in [7, 11) is 0. The average molecular weight is 473 g/mol. The summed E-state index contributed by atoms with van der Waals surface area (Å²) >= 11 is 0. The topological polar surface area (TPSA) is 99.2 Å². The summed E-state index contributed by atoms with van der Waals surface area (Å²) in [6.45, 7) is 2.35. The van der Waals surface area contributed by atoms with Crippen molar-refractivity contribution in [3.05, 3.63) is 35.2 Å². The zero-order chi connectivity index (χ0) is 23.7. The van der Waals surface area contributed by atoms with Gasteiger partial charge in [-0.25, -0.2) is 19.9 Å². The van der Waals surface area contributed by atoms with E-state index in [1.165, 1.54) is 0 Å². The Morgan fingerprint density at radius 2 is 1.94 bits per heavy atom. The van der Waals surface area contributed by atoms with E-state index in [1.54, 1.807) is 12.4 Å². The molecule has 2 N–H and O–H groups in total. The van der Waals surface area contributed by atoms with Crippen LogP contribution in [0.2, 0.25) is 0 Å². The lowest BCUT2D eigenvalue weighted by molar-refractivity contribution is -0.337. The van der Waals surface area contributed by atoms with Gasteiger partial charge in [0, 0.05) is 42.1 Å². The normalized spacial score (nSPS) is 33.7. The Hall–Kier alpha value is -2.62. The summed E-state index contributed by atoms with van der Waals surface area (Å²) in [5.74, 6) is 0.592. The molecule has 2 bridgehead atoms. The van der Waals surface area contributed by atoms with Crippen LogP contribution in [0.15, 0.2) is 23.0 Å². The molecule has 7 rings (SSSR count). The van der Waals surface area contributed by atoms with E-state index >= 15 is 0 Å². The third-order valence-electron chi connectivity index (χ3n) is 7.87. The highest BCUT2D eigenvalue weighted by Gasteiger charge is 2.79. The minimum atomic E-state index is -4.18. The lowest BCUT2D eigenvalue weighted by atomic mass is 9.34. The average Bonchev–Trinajstić information content (AvgIpc) is 3.55. The predicted octanol–water partition coefficient (Wildman–Crippen LogP) is 4.05. The highest BCUT2D eigenvalue weighted by Crippen LogP contribution is 2.78. The Labute approximate surface area is 195 Å². The van der Waals surface area contributed by atoms with Crippen LogP contribution in [0.5, 0.6) is 0 Å². The van der Waals surface area contributed by atoms with Crippen molar-refractivity contribution in [2.24, 2.45) is 16.1 Å². The molecule has 0 radical (unpaired) electrons. The van der Waals surface area contributed by atoms with Gasteiger partial charge in [-0.1, -0.05) is 0 Å². The summed E-state index contributed by atoms with van der Waals surface area (Å²) < 4.78 is 46.5. The second kappa shape index (κ2) is 7.44. The van der Waals surface area contributed by atoms with Crippen LogP contribution >= 0.6 is 0 Å². The number of hydrogen-bond donors (Lipinski definition) is 1. The highest BCUT2D eigenvalue weighted by atomic mass is 19.4. The Morgan fingerprint density at radius 1 is 1.18 bits per heavy atom. The molecule has 0 unspecified atom stereocenters. The van der Waals surface area contributed by atoms with E-state index in [-0.39, 0.29) is 31.3 Å². The predicted molar refractivity (Wildman–Crippen MR) is 119 cm³/mol. The zero-order valence-corrected chi connectivity index (χ0v) is 19.0. The van der Waals surface area contributed by atoms with E-state index < -0.39 is 17.0 Å². The van der Waals surface area contributed by atoms with Crippen LogP contribution in [0.4, 0.5) is 13.2 Å². The van der Waals surface area contributed by atoms with E-state index in [0.29, 0.717) is 47.4 Å². The molecule has 3 heterocycles. The zero-order valence-electron chi connectivity index (χ0n) is 19.0. The first kappa shape index (κ1) is 21.9. The molecule has 5 aliphatic rings. The third kappa shape index (κ3) is 3.40. The number of hydrogen-bond acceptors (Lipinski definition) is 7. The van der Waals surface area contributed by atoms with Gasteiger partial charge >= 0.3 is 6.18 Å². The molecule has 4 saturated carbocycles. The Balaban J connectivity index is 1.32. The maximum absolute atomic E-state index is 13.5. The molecule has 2 aromatic heterocycles. The molecule has 2 aromatic rings. The fourth-order valence-electron chi connectivity index (χ4n) is 5.81. The molecule has 10 heteroatoms. The van der Waals surface area contributed by atoms with Crippen molar-refractivity contribution in [3.63, 3.8) is 0 Å². The van der Waals surface area contributed by atoms with Gasteiger partial charge in [0.1, 0.15) is 11.3 Å². The number of aromatic nitrogens is 4. The molecule has 180 valence electrons. The molecule has 1 aliphatic heterocycles. The summed E-state index contributed by atoms with van der Waals surface area (Å²) in [6, 6.07) is 0.385. The molecule has 5 fully saturated rings. The number of fused-ring (bicyclic) bond motifs is 1. The number of nitrogens with zero attached hydrogens (tertiary/aromatic N) is 5. The lowest BCUT2D eigenvalue weighted by Crippen LogP contribution is -2.70. The lowest BCUT2D eigenvalue weighted by Gasteiger charge is -2.70. The third-order valence-corrected chi connectivity index (χ3v) is 7.87. The molecular weight excluding hydrogens is 445 g/mol. The smallest absolute Gasteiger partial charge is 0.394 e. The fourth-order valence-corrected chi connectivity index (χ4v) is 5.81. The summed E-state index contributed by atoms with van der Waals surface area (Å²) in [4.78, 5) is 23.2. The number of aryl methyl sites for hydroxylation is 1. The molecule has 7 nitrogen and oxygen atoms in total. The van der Waals surface area contributed by atoms with Gasteiger partial charge in [-0.2, -0.15) is 13.2 Å². The number of ether oxygens (including phenoxy) is 1. The Bertz CT molecular complexity index is 1190. The van der Waals surface area contributed by atoms with Crippen LogP contribution in [0.25, 0.3) is 11.2 Å². The van der Waals surface area contributed by atoms with Gasteiger partial charge in [-0.15, -0.1) is 0 Å². The van der Waals surface area contributed by atoms with Gasteiger partial charge < -0.3 is 10.5 Å². The number of aliphatic imine (C=N–C) groups is 1. The fraction of sp³-hybridized carbons (Fsp3) is 0.625. The first-order chi connectivity index (χ1) is 16.2. The van der Waals surface area contributed by atoms with E-state index in [4.69, 9.17) is 20.4 Å². The van der Waals surface area contributed by atoms with Gasteiger partial charge in [-0.3, -0.25) is 4.99 Å². The van der Waals surface area contributed by atoms with Gasteiger partial charge in [0.2, 0.25) is 0 Å². The minimum absolute atomic E-state index is 0.0163. The Kier molecular flexibility index (Phi) is 4.79. The molecular formula is C24H27F3N6O. The standard InChI is InChI=1S/C24H27F3N6O/c1-13-8-30-18-19(22-10-23(11-22,12-22)24(25,26)27)32-20(33-21(18)31-13)14-4-5-34-17(6-14)15(7-28)9-29-16-2-3-16/h7-9,14,16-17H,2-6,10-12,28H2,1H3/b15-7+,29-9?/t14-,17-,22?,23?/m1/s1. The van der Waals surface area contributed by atoms with Crippen molar-refractivity contribution in [2.45, 2.75) is 81.5 Å². The maximum atomic E-state index is 13.5. The van der Waals surface area contributed by atoms with Crippen molar-refractivity contribution >= 4 is 17.4 Å². The maximum Gasteiger partial charge on any atom is 0.394 e. The molecule has 4 aliphatic carbocycles. The second-order valence-corrected chi connectivity index (χ2v) is 10.5. The highest BCUT2D eigenvalue weighted by molar-refractivity contribution is 5.80. The molecule has 2 atom stereocenters. The van der Waals surface area contributed by atoms with Crippen LogP contribution in [-0.2, 0) is 10.2 Å². The molecule has 0 aromatic carbocycles. The molecule has 0 amide bonds. The van der Waals surface area contributed by atoms with Crippen LogP contribution in [-0.4, -0.2) is 51.1 Å².